The van der Waals surface area contributed by atoms with E-state index in [0.717, 1.165) is 0 Å². The molecule has 0 atom stereocenters. The molecule has 0 bridgehead atoms. The predicted octanol–water partition coefficient (Wildman–Crippen LogP) is -0.449. The van der Waals surface area contributed by atoms with Crippen LogP contribution >= 0.6 is 0 Å². The molecule has 16 nitrogen and oxygen atoms in total. The number of nitrogens with two attached hydrogens (primary N) is 1. The van der Waals surface area contributed by atoms with E-state index < -0.39 is 5.97 Å². The molecule has 0 fully saturated rings. The molecule has 0 amide bonds. The van der Waals surface area contributed by atoms with Crippen LogP contribution in [-0.2, 0) is 66.5 Å². The minimum Gasteiger partial charge on any atom is -0.481 e. The van der Waals surface area contributed by atoms with Crippen molar-refractivity contribution in [2.75, 3.05) is 165 Å². The number of hydrogen-bond acceptors (Lipinski definition) is 15. The number of aliphatic carboxylic acids is 1. The zero-order valence-corrected chi connectivity index (χ0v) is 25.6. The van der Waals surface area contributed by atoms with Gasteiger partial charge in [0.2, 0.25) is 0 Å². The van der Waals surface area contributed by atoms with Gasteiger partial charge in [-0.05, 0) is 0 Å². The van der Waals surface area contributed by atoms with E-state index in [1.165, 1.54) is 0 Å². The second-order valence-electron chi connectivity index (χ2n) is 8.36. The Bertz CT molecular complexity index is 537. The number of ether oxygens (including phenoxy) is 12. The molecule has 0 aliphatic heterocycles. The molecular formula is C27H55NO15. The molecule has 0 saturated carbocycles. The molecule has 0 aromatic rings. The van der Waals surface area contributed by atoms with Crippen LogP contribution < -0.4 is 5.90 Å². The smallest absolute Gasteiger partial charge is 0.305 e. The Morgan fingerprint density at radius 2 is 0.488 bits per heavy atom. The molecule has 0 heterocycles. The summed E-state index contributed by atoms with van der Waals surface area (Å²) in [7, 11) is 0. The van der Waals surface area contributed by atoms with Gasteiger partial charge in [-0.3, -0.25) is 4.79 Å². The molecule has 0 aromatic carbocycles. The molecule has 43 heavy (non-hydrogen) atoms. The van der Waals surface area contributed by atoms with E-state index in [4.69, 9.17) is 67.8 Å². The molecule has 258 valence electrons. The van der Waals surface area contributed by atoms with Crippen molar-refractivity contribution in [1.29, 1.82) is 0 Å². The van der Waals surface area contributed by atoms with Gasteiger partial charge in [0.15, 0.2) is 0 Å². The maximum absolute atomic E-state index is 10.3. The van der Waals surface area contributed by atoms with Gasteiger partial charge in [0.1, 0.15) is 0 Å². The van der Waals surface area contributed by atoms with E-state index in [0.29, 0.717) is 159 Å². The first-order valence-corrected chi connectivity index (χ1v) is 14.7. The minimum atomic E-state index is -0.875. The lowest BCUT2D eigenvalue weighted by molar-refractivity contribution is -0.138. The average molecular weight is 634 g/mol. The quantitative estimate of drug-likeness (QED) is 0.0655. The van der Waals surface area contributed by atoms with Crippen LogP contribution in [0.5, 0.6) is 0 Å². The van der Waals surface area contributed by atoms with Crippen LogP contribution in [0.4, 0.5) is 0 Å². The first kappa shape index (κ1) is 41.9. The zero-order chi connectivity index (χ0) is 31.2. The SMILES string of the molecule is NOCCOCCOCCOCCOCCOCCOCCOCCOCCOCCOCCOCCOCCC(=O)O. The van der Waals surface area contributed by atoms with Crippen LogP contribution in [0.15, 0.2) is 0 Å². The highest BCUT2D eigenvalue weighted by Crippen LogP contribution is 1.88. The monoisotopic (exact) mass is 633 g/mol. The van der Waals surface area contributed by atoms with Gasteiger partial charge in [0.05, 0.1) is 172 Å². The molecule has 0 saturated heterocycles. The summed E-state index contributed by atoms with van der Waals surface area (Å²) in [5.41, 5.74) is 0. The summed E-state index contributed by atoms with van der Waals surface area (Å²) in [5.74, 6) is 4.01. The van der Waals surface area contributed by atoms with Gasteiger partial charge in [-0.2, -0.15) is 0 Å². The number of rotatable bonds is 39. The van der Waals surface area contributed by atoms with Gasteiger partial charge >= 0.3 is 5.97 Å². The summed E-state index contributed by atoms with van der Waals surface area (Å²) in [6, 6.07) is 0. The predicted molar refractivity (Wildman–Crippen MR) is 152 cm³/mol. The Morgan fingerprint density at radius 1 is 0.326 bits per heavy atom. The van der Waals surface area contributed by atoms with Gasteiger partial charge in [-0.1, -0.05) is 0 Å². The standard InChI is InChI=1S/C27H55NO15/c28-43-26-25-42-24-23-41-22-21-40-20-19-39-18-17-38-16-15-37-14-13-36-12-11-35-10-9-34-8-7-33-6-5-32-4-3-31-2-1-27(29)30/h1-26,28H2,(H,29,30). The summed E-state index contributed by atoms with van der Waals surface area (Å²) in [5, 5.41) is 8.48. The molecule has 16 heteroatoms. The van der Waals surface area contributed by atoms with Crippen molar-refractivity contribution >= 4 is 5.97 Å². The molecule has 0 rings (SSSR count). The number of hydrogen-bond donors (Lipinski definition) is 2. The molecule has 0 aromatic heterocycles. The van der Waals surface area contributed by atoms with E-state index in [1.807, 2.05) is 0 Å². The maximum Gasteiger partial charge on any atom is 0.305 e. The van der Waals surface area contributed by atoms with Gasteiger partial charge in [0.25, 0.3) is 0 Å². The van der Waals surface area contributed by atoms with Gasteiger partial charge in [-0.15, -0.1) is 0 Å². The lowest BCUT2D eigenvalue weighted by atomic mass is 10.5. The highest BCUT2D eigenvalue weighted by molar-refractivity contribution is 5.66. The van der Waals surface area contributed by atoms with Crippen molar-refractivity contribution in [2.24, 2.45) is 5.90 Å². The van der Waals surface area contributed by atoms with Crippen LogP contribution in [0.25, 0.3) is 0 Å². The van der Waals surface area contributed by atoms with Crippen LogP contribution in [0, 0.1) is 0 Å². The normalized spacial score (nSPS) is 11.5. The summed E-state index contributed by atoms with van der Waals surface area (Å²) < 4.78 is 64.4. The third kappa shape index (κ3) is 40.9. The van der Waals surface area contributed by atoms with E-state index in [1.54, 1.807) is 0 Å². The van der Waals surface area contributed by atoms with Crippen molar-refractivity contribution in [2.45, 2.75) is 6.42 Å². The van der Waals surface area contributed by atoms with Gasteiger partial charge in [-0.25, -0.2) is 5.90 Å². The number of carboxylic acid groups (broad SMARTS) is 1. The molecule has 0 spiro atoms. The fourth-order valence-electron chi connectivity index (χ4n) is 2.79. The summed E-state index contributed by atoms with van der Waals surface area (Å²) >= 11 is 0. The van der Waals surface area contributed by atoms with Crippen LogP contribution in [-0.4, -0.2) is 176 Å². The Morgan fingerprint density at radius 3 is 0.651 bits per heavy atom. The van der Waals surface area contributed by atoms with Crippen molar-refractivity contribution in [1.82, 2.24) is 0 Å². The van der Waals surface area contributed by atoms with Crippen molar-refractivity contribution in [3.05, 3.63) is 0 Å². The van der Waals surface area contributed by atoms with Crippen molar-refractivity contribution < 1.29 is 71.6 Å². The zero-order valence-electron chi connectivity index (χ0n) is 25.6. The Kier molecular flexibility index (Phi) is 37.9. The van der Waals surface area contributed by atoms with Crippen LogP contribution in [0.1, 0.15) is 6.42 Å². The van der Waals surface area contributed by atoms with E-state index >= 15 is 0 Å². The lowest BCUT2D eigenvalue weighted by Crippen LogP contribution is -2.15. The van der Waals surface area contributed by atoms with E-state index in [-0.39, 0.29) is 13.0 Å². The molecule has 0 aliphatic rings. The summed E-state index contributed by atoms with van der Waals surface area (Å²) in [4.78, 5) is 14.7. The first-order chi connectivity index (χ1) is 21.3. The Balaban J connectivity index is 3.03. The van der Waals surface area contributed by atoms with E-state index in [9.17, 15) is 4.79 Å². The average Bonchev–Trinajstić information content (AvgIpc) is 3.00. The second kappa shape index (κ2) is 38.9. The highest BCUT2D eigenvalue weighted by atomic mass is 16.6. The summed E-state index contributed by atoms with van der Waals surface area (Å²) in [6.45, 7) is 11.6. The first-order valence-electron chi connectivity index (χ1n) is 14.7. The van der Waals surface area contributed by atoms with Crippen molar-refractivity contribution in [3.63, 3.8) is 0 Å². The van der Waals surface area contributed by atoms with Gasteiger partial charge in [0, 0.05) is 0 Å². The number of carboxylic acids is 1. The third-order valence-corrected chi connectivity index (χ3v) is 4.90. The fourth-order valence-corrected chi connectivity index (χ4v) is 2.79. The minimum absolute atomic E-state index is 0.00343. The molecule has 0 aliphatic carbocycles. The maximum atomic E-state index is 10.3. The topological polar surface area (TPSA) is 183 Å². The third-order valence-electron chi connectivity index (χ3n) is 4.90. The van der Waals surface area contributed by atoms with Crippen LogP contribution in [0.2, 0.25) is 0 Å². The fraction of sp³-hybridized carbons (Fsp3) is 0.963. The Labute approximate surface area is 255 Å². The number of carbonyl (C=O) groups is 1. The second-order valence-corrected chi connectivity index (χ2v) is 8.36. The van der Waals surface area contributed by atoms with E-state index in [2.05, 4.69) is 4.84 Å². The highest BCUT2D eigenvalue weighted by Gasteiger charge is 1.98. The lowest BCUT2D eigenvalue weighted by Gasteiger charge is -2.09. The van der Waals surface area contributed by atoms with Crippen LogP contribution in [0.3, 0.4) is 0 Å². The molecular weight excluding hydrogens is 578 g/mol. The Hall–Kier alpha value is -1.09. The molecule has 0 unspecified atom stereocenters. The summed E-state index contributed by atoms with van der Waals surface area (Å²) in [6.07, 6.45) is -0.00343. The molecule has 3 N–H and O–H groups in total. The van der Waals surface area contributed by atoms with Gasteiger partial charge < -0.3 is 66.8 Å². The molecule has 0 radical (unpaired) electrons. The van der Waals surface area contributed by atoms with Crippen molar-refractivity contribution in [3.8, 4) is 0 Å². The largest absolute Gasteiger partial charge is 0.481 e.